The van der Waals surface area contributed by atoms with Gasteiger partial charge in [0.05, 0.1) is 0 Å². The zero-order valence-corrected chi connectivity index (χ0v) is 13.0. The minimum absolute atomic E-state index is 0.375. The summed E-state index contributed by atoms with van der Waals surface area (Å²) in [5, 5.41) is 4.49. The highest BCUT2D eigenvalue weighted by molar-refractivity contribution is 6.30. The fourth-order valence-corrected chi connectivity index (χ4v) is 4.03. The molecular weight excluding hydrogens is 270 g/mol. The molecule has 110 valence electrons. The van der Waals surface area contributed by atoms with Crippen LogP contribution in [0.25, 0.3) is 0 Å². The van der Waals surface area contributed by atoms with Crippen molar-refractivity contribution in [1.29, 1.82) is 0 Å². The van der Waals surface area contributed by atoms with E-state index in [0.717, 1.165) is 23.7 Å². The Bertz CT molecular complexity index is 439. The number of ether oxygens (including phenoxy) is 1. The SMILES string of the molecule is CCCNC1CC(Oc2ccc(Cl)cc2)C12CCCC2. The van der Waals surface area contributed by atoms with E-state index in [1.807, 2.05) is 24.3 Å². The van der Waals surface area contributed by atoms with Gasteiger partial charge in [-0.05, 0) is 50.1 Å². The van der Waals surface area contributed by atoms with E-state index in [1.54, 1.807) is 0 Å². The highest BCUT2D eigenvalue weighted by atomic mass is 35.5. The van der Waals surface area contributed by atoms with Crippen LogP contribution in [-0.4, -0.2) is 18.7 Å². The molecule has 2 fully saturated rings. The van der Waals surface area contributed by atoms with Gasteiger partial charge in [-0.3, -0.25) is 0 Å². The molecule has 1 aromatic rings. The molecule has 2 saturated carbocycles. The molecule has 0 bridgehead atoms. The monoisotopic (exact) mass is 293 g/mol. The Morgan fingerprint density at radius 1 is 1.25 bits per heavy atom. The summed E-state index contributed by atoms with van der Waals surface area (Å²) in [6.07, 6.45) is 8.05. The van der Waals surface area contributed by atoms with Crippen molar-refractivity contribution >= 4 is 11.6 Å². The van der Waals surface area contributed by atoms with Crippen LogP contribution in [-0.2, 0) is 0 Å². The summed E-state index contributed by atoms with van der Waals surface area (Å²) >= 11 is 5.93. The fourth-order valence-electron chi connectivity index (χ4n) is 3.90. The number of nitrogens with one attached hydrogen (secondary N) is 1. The second-order valence-electron chi connectivity index (χ2n) is 6.24. The summed E-state index contributed by atoms with van der Waals surface area (Å²) in [4.78, 5) is 0. The predicted molar refractivity (Wildman–Crippen MR) is 83.5 cm³/mol. The Kier molecular flexibility index (Phi) is 4.23. The summed E-state index contributed by atoms with van der Waals surface area (Å²) in [6.45, 7) is 3.36. The molecule has 3 rings (SSSR count). The van der Waals surface area contributed by atoms with E-state index in [2.05, 4.69) is 12.2 Å². The fraction of sp³-hybridized carbons (Fsp3) is 0.647. The normalized spacial score (nSPS) is 27.5. The van der Waals surface area contributed by atoms with E-state index in [0.29, 0.717) is 17.6 Å². The van der Waals surface area contributed by atoms with E-state index in [9.17, 15) is 0 Å². The van der Waals surface area contributed by atoms with Gasteiger partial charge in [0.15, 0.2) is 0 Å². The molecule has 20 heavy (non-hydrogen) atoms. The smallest absolute Gasteiger partial charge is 0.119 e. The first-order valence-electron chi connectivity index (χ1n) is 7.90. The Labute approximate surface area is 126 Å². The third kappa shape index (κ3) is 2.56. The molecule has 1 spiro atoms. The first-order valence-corrected chi connectivity index (χ1v) is 8.28. The average molecular weight is 294 g/mol. The van der Waals surface area contributed by atoms with Crippen molar-refractivity contribution in [2.24, 2.45) is 5.41 Å². The number of halogens is 1. The summed E-state index contributed by atoms with van der Waals surface area (Å²) < 4.78 is 6.25. The summed E-state index contributed by atoms with van der Waals surface area (Å²) in [7, 11) is 0. The Morgan fingerprint density at radius 3 is 2.60 bits per heavy atom. The van der Waals surface area contributed by atoms with Gasteiger partial charge in [-0.25, -0.2) is 0 Å². The van der Waals surface area contributed by atoms with Gasteiger partial charge in [-0.1, -0.05) is 31.4 Å². The third-order valence-corrected chi connectivity index (χ3v) is 5.30. The van der Waals surface area contributed by atoms with Crippen molar-refractivity contribution in [3.8, 4) is 5.75 Å². The first kappa shape index (κ1) is 14.2. The topological polar surface area (TPSA) is 21.3 Å². The molecule has 1 aromatic carbocycles. The molecule has 0 saturated heterocycles. The van der Waals surface area contributed by atoms with Crippen molar-refractivity contribution in [3.63, 3.8) is 0 Å². The number of benzene rings is 1. The molecule has 0 radical (unpaired) electrons. The molecular formula is C17H24ClNO. The van der Waals surface area contributed by atoms with Crippen molar-refractivity contribution in [3.05, 3.63) is 29.3 Å². The zero-order chi connectivity index (χ0) is 14.0. The number of hydrogen-bond acceptors (Lipinski definition) is 2. The third-order valence-electron chi connectivity index (χ3n) is 5.05. The minimum atomic E-state index is 0.375. The molecule has 0 aromatic heterocycles. The molecule has 0 heterocycles. The van der Waals surface area contributed by atoms with Gasteiger partial charge >= 0.3 is 0 Å². The van der Waals surface area contributed by atoms with Gasteiger partial charge < -0.3 is 10.1 Å². The molecule has 2 unspecified atom stereocenters. The van der Waals surface area contributed by atoms with Crippen LogP contribution in [0.3, 0.4) is 0 Å². The van der Waals surface area contributed by atoms with E-state index in [4.69, 9.17) is 16.3 Å². The summed E-state index contributed by atoms with van der Waals surface area (Å²) in [6, 6.07) is 8.44. The van der Waals surface area contributed by atoms with Gasteiger partial charge in [0.1, 0.15) is 11.9 Å². The lowest BCUT2D eigenvalue weighted by atomic mass is 9.60. The van der Waals surface area contributed by atoms with Crippen LogP contribution in [0.4, 0.5) is 0 Å². The van der Waals surface area contributed by atoms with E-state index >= 15 is 0 Å². The van der Waals surface area contributed by atoms with Crippen LogP contribution < -0.4 is 10.1 Å². The van der Waals surface area contributed by atoms with Crippen LogP contribution >= 0.6 is 11.6 Å². The summed E-state index contributed by atoms with van der Waals surface area (Å²) in [5.41, 5.74) is 0.384. The van der Waals surface area contributed by atoms with Gasteiger partial charge in [0.2, 0.25) is 0 Å². The van der Waals surface area contributed by atoms with Crippen LogP contribution in [0.1, 0.15) is 45.4 Å². The summed E-state index contributed by atoms with van der Waals surface area (Å²) in [5.74, 6) is 0.958. The van der Waals surface area contributed by atoms with E-state index in [-0.39, 0.29) is 0 Å². The molecule has 2 aliphatic carbocycles. The van der Waals surface area contributed by atoms with Crippen LogP contribution in [0.5, 0.6) is 5.75 Å². The lowest BCUT2D eigenvalue weighted by Gasteiger charge is -2.54. The molecule has 2 atom stereocenters. The first-order chi connectivity index (χ1) is 9.74. The van der Waals surface area contributed by atoms with Gasteiger partial charge in [-0.15, -0.1) is 0 Å². The van der Waals surface area contributed by atoms with Crippen molar-refractivity contribution < 1.29 is 4.74 Å². The lowest BCUT2D eigenvalue weighted by Crippen LogP contribution is -2.63. The second-order valence-corrected chi connectivity index (χ2v) is 6.68. The maximum absolute atomic E-state index is 6.25. The Balaban J connectivity index is 1.66. The highest BCUT2D eigenvalue weighted by Crippen LogP contribution is 2.54. The van der Waals surface area contributed by atoms with Crippen molar-refractivity contribution in [2.75, 3.05) is 6.54 Å². The molecule has 1 N–H and O–H groups in total. The van der Waals surface area contributed by atoms with Gasteiger partial charge in [-0.2, -0.15) is 0 Å². The minimum Gasteiger partial charge on any atom is -0.490 e. The Morgan fingerprint density at radius 2 is 1.95 bits per heavy atom. The molecule has 0 amide bonds. The molecule has 2 nitrogen and oxygen atoms in total. The number of rotatable bonds is 5. The molecule has 0 aliphatic heterocycles. The maximum atomic E-state index is 6.25. The van der Waals surface area contributed by atoms with Gasteiger partial charge in [0, 0.05) is 22.9 Å². The van der Waals surface area contributed by atoms with E-state index < -0.39 is 0 Å². The second kappa shape index (κ2) is 5.95. The highest BCUT2D eigenvalue weighted by Gasteiger charge is 2.57. The molecule has 3 heteroatoms. The Hall–Kier alpha value is -0.730. The van der Waals surface area contributed by atoms with Crippen molar-refractivity contribution in [2.45, 2.75) is 57.6 Å². The van der Waals surface area contributed by atoms with E-state index in [1.165, 1.54) is 32.1 Å². The van der Waals surface area contributed by atoms with Crippen LogP contribution in [0.2, 0.25) is 5.02 Å². The quantitative estimate of drug-likeness (QED) is 0.868. The maximum Gasteiger partial charge on any atom is 0.119 e. The van der Waals surface area contributed by atoms with Gasteiger partial charge in [0.25, 0.3) is 0 Å². The molecule has 2 aliphatic rings. The zero-order valence-electron chi connectivity index (χ0n) is 12.2. The predicted octanol–water partition coefficient (Wildman–Crippen LogP) is 4.42. The van der Waals surface area contributed by atoms with Crippen LogP contribution in [0.15, 0.2) is 24.3 Å². The standard InChI is InChI=1S/C17H24ClNO/c1-2-11-19-15-12-16(17(15)9-3-4-10-17)20-14-7-5-13(18)6-8-14/h5-8,15-16,19H,2-4,9-12H2,1H3. The largest absolute Gasteiger partial charge is 0.490 e. The lowest BCUT2D eigenvalue weighted by molar-refractivity contribution is -0.0759. The van der Waals surface area contributed by atoms with Crippen molar-refractivity contribution in [1.82, 2.24) is 5.32 Å². The van der Waals surface area contributed by atoms with Crippen LogP contribution in [0, 0.1) is 5.41 Å². The number of hydrogen-bond donors (Lipinski definition) is 1. The average Bonchev–Trinajstić information content (AvgIpc) is 2.96.